The second kappa shape index (κ2) is 3.12. The average Bonchev–Trinajstić information content (AvgIpc) is 2.68. The van der Waals surface area contributed by atoms with Crippen LogP contribution in [0.5, 0.6) is 11.5 Å². The minimum atomic E-state index is 0.345. The maximum absolute atomic E-state index is 10.1. The van der Waals surface area contributed by atoms with E-state index in [1.54, 1.807) is 0 Å². The topological polar surface area (TPSA) is 41.9 Å². The zero-order chi connectivity index (χ0) is 10.4. The Kier molecular flexibility index (Phi) is 1.87. The Morgan fingerprint density at radius 3 is 3.13 bits per heavy atom. The van der Waals surface area contributed by atoms with Crippen molar-refractivity contribution in [2.45, 2.75) is 19.6 Å². The predicted molar refractivity (Wildman–Crippen MR) is 53.6 cm³/mol. The van der Waals surface area contributed by atoms with E-state index in [1.807, 2.05) is 6.07 Å². The molecule has 0 unspecified atom stereocenters. The molecule has 0 bridgehead atoms. The van der Waals surface area contributed by atoms with Gasteiger partial charge in [0, 0.05) is 18.7 Å². The van der Waals surface area contributed by atoms with Gasteiger partial charge in [0.15, 0.2) is 5.75 Å². The highest BCUT2D eigenvalue weighted by Crippen LogP contribution is 2.40. The Bertz CT molecular complexity index is 417. The fourth-order valence-corrected chi connectivity index (χ4v) is 2.21. The monoisotopic (exact) mass is 207 g/mol. The standard InChI is InChI=1S/C11H13NO3/c1-12-3-2-7-4-10-9(6-14-15-10)11(13)8(7)5-12/h4,13H,2-3,5-6H2,1H3. The van der Waals surface area contributed by atoms with E-state index in [4.69, 9.17) is 9.78 Å². The molecular formula is C11H13NO3. The van der Waals surface area contributed by atoms with E-state index in [0.717, 1.165) is 30.6 Å². The van der Waals surface area contributed by atoms with Gasteiger partial charge in [-0.25, -0.2) is 0 Å². The third-order valence-electron chi connectivity index (χ3n) is 3.10. The number of fused-ring (bicyclic) bond motifs is 2. The molecule has 15 heavy (non-hydrogen) atoms. The summed E-state index contributed by atoms with van der Waals surface area (Å²) in [5.74, 6) is 1.03. The molecule has 0 aromatic heterocycles. The first-order valence-corrected chi connectivity index (χ1v) is 5.10. The summed E-state index contributed by atoms with van der Waals surface area (Å²) in [4.78, 5) is 12.1. The van der Waals surface area contributed by atoms with E-state index in [0.29, 0.717) is 18.1 Å². The third-order valence-corrected chi connectivity index (χ3v) is 3.10. The van der Waals surface area contributed by atoms with Gasteiger partial charge in [-0.1, -0.05) is 0 Å². The van der Waals surface area contributed by atoms with Crippen LogP contribution in [0.15, 0.2) is 6.07 Å². The number of hydrogen-bond acceptors (Lipinski definition) is 4. The summed E-state index contributed by atoms with van der Waals surface area (Å²) in [6.45, 7) is 2.17. The van der Waals surface area contributed by atoms with Crippen LogP contribution in [0.1, 0.15) is 16.7 Å². The van der Waals surface area contributed by atoms with Crippen LogP contribution in [-0.2, 0) is 24.5 Å². The lowest BCUT2D eigenvalue weighted by molar-refractivity contribution is -0.194. The van der Waals surface area contributed by atoms with Crippen LogP contribution >= 0.6 is 0 Å². The number of nitrogens with zero attached hydrogens (tertiary/aromatic N) is 1. The lowest BCUT2D eigenvalue weighted by Gasteiger charge is -2.26. The summed E-state index contributed by atoms with van der Waals surface area (Å²) in [5, 5.41) is 10.1. The Labute approximate surface area is 88.0 Å². The number of hydrogen-bond donors (Lipinski definition) is 1. The number of phenolic OH excluding ortho intramolecular Hbond substituents is 1. The molecule has 0 saturated carbocycles. The van der Waals surface area contributed by atoms with Gasteiger partial charge in [0.05, 0.1) is 5.56 Å². The molecule has 1 N–H and O–H groups in total. The fourth-order valence-electron chi connectivity index (χ4n) is 2.21. The van der Waals surface area contributed by atoms with Crippen LogP contribution in [-0.4, -0.2) is 23.6 Å². The summed E-state index contributed by atoms with van der Waals surface area (Å²) < 4.78 is 0. The van der Waals surface area contributed by atoms with Gasteiger partial charge >= 0.3 is 0 Å². The van der Waals surface area contributed by atoms with Crippen LogP contribution in [0, 0.1) is 0 Å². The van der Waals surface area contributed by atoms with Crippen LogP contribution in [0.25, 0.3) is 0 Å². The van der Waals surface area contributed by atoms with Crippen LogP contribution in [0.4, 0.5) is 0 Å². The van der Waals surface area contributed by atoms with Gasteiger partial charge in [-0.3, -0.25) is 0 Å². The molecular weight excluding hydrogens is 194 g/mol. The molecule has 0 saturated heterocycles. The largest absolute Gasteiger partial charge is 0.507 e. The molecule has 0 radical (unpaired) electrons. The van der Waals surface area contributed by atoms with Crippen molar-refractivity contribution < 1.29 is 14.9 Å². The molecule has 0 aliphatic carbocycles. The second-order valence-electron chi connectivity index (χ2n) is 4.17. The van der Waals surface area contributed by atoms with E-state index in [1.165, 1.54) is 5.56 Å². The van der Waals surface area contributed by atoms with Crippen molar-refractivity contribution in [2.75, 3.05) is 13.6 Å². The highest BCUT2D eigenvalue weighted by Gasteiger charge is 2.26. The molecule has 80 valence electrons. The maximum Gasteiger partial charge on any atom is 0.175 e. The molecule has 4 heteroatoms. The Balaban J connectivity index is 2.15. The van der Waals surface area contributed by atoms with Gasteiger partial charge in [0.2, 0.25) is 0 Å². The van der Waals surface area contributed by atoms with E-state index in [9.17, 15) is 5.11 Å². The summed E-state index contributed by atoms with van der Waals surface area (Å²) in [7, 11) is 2.06. The van der Waals surface area contributed by atoms with Crippen molar-refractivity contribution in [3.63, 3.8) is 0 Å². The molecule has 2 aliphatic rings. The fraction of sp³-hybridized carbons (Fsp3) is 0.455. The number of likely N-dealkylation sites (N-methyl/N-ethyl adjacent to an activating group) is 1. The van der Waals surface area contributed by atoms with Crippen molar-refractivity contribution in [2.24, 2.45) is 0 Å². The number of benzene rings is 1. The number of rotatable bonds is 0. The molecule has 0 amide bonds. The van der Waals surface area contributed by atoms with Gasteiger partial charge in [-0.2, -0.15) is 4.89 Å². The molecule has 2 heterocycles. The average molecular weight is 207 g/mol. The normalized spacial score (nSPS) is 19.5. The minimum Gasteiger partial charge on any atom is -0.507 e. The first-order valence-electron chi connectivity index (χ1n) is 5.10. The molecule has 2 aliphatic heterocycles. The Morgan fingerprint density at radius 2 is 2.27 bits per heavy atom. The lowest BCUT2D eigenvalue weighted by Crippen LogP contribution is -2.26. The highest BCUT2D eigenvalue weighted by atomic mass is 17.2. The quantitative estimate of drug-likeness (QED) is 0.649. The zero-order valence-electron chi connectivity index (χ0n) is 8.62. The number of phenols is 1. The van der Waals surface area contributed by atoms with Crippen molar-refractivity contribution in [3.8, 4) is 11.5 Å². The molecule has 3 rings (SSSR count). The van der Waals surface area contributed by atoms with Gasteiger partial charge in [0.1, 0.15) is 12.4 Å². The van der Waals surface area contributed by atoms with Gasteiger partial charge < -0.3 is 14.9 Å². The molecule has 0 atom stereocenters. The van der Waals surface area contributed by atoms with Crippen molar-refractivity contribution >= 4 is 0 Å². The summed E-state index contributed by atoms with van der Waals surface area (Å²) in [6.07, 6.45) is 0.954. The molecule has 1 aromatic rings. The molecule has 0 spiro atoms. The molecule has 4 nitrogen and oxygen atoms in total. The zero-order valence-corrected chi connectivity index (χ0v) is 8.62. The minimum absolute atomic E-state index is 0.345. The number of aromatic hydroxyl groups is 1. The van der Waals surface area contributed by atoms with E-state index < -0.39 is 0 Å². The summed E-state index contributed by atoms with van der Waals surface area (Å²) >= 11 is 0. The third kappa shape index (κ3) is 1.29. The predicted octanol–water partition coefficient (Wildman–Crippen LogP) is 1.20. The van der Waals surface area contributed by atoms with Crippen molar-refractivity contribution in [3.05, 3.63) is 22.8 Å². The first-order chi connectivity index (χ1) is 7.25. The molecule has 0 fully saturated rings. The lowest BCUT2D eigenvalue weighted by atomic mass is 9.96. The smallest absolute Gasteiger partial charge is 0.175 e. The Hall–Kier alpha value is -1.26. The van der Waals surface area contributed by atoms with Gasteiger partial charge in [-0.15, -0.1) is 0 Å². The first kappa shape index (κ1) is 9.00. The van der Waals surface area contributed by atoms with E-state index in [-0.39, 0.29) is 0 Å². The summed E-state index contributed by atoms with van der Waals surface area (Å²) in [5.41, 5.74) is 2.98. The SMILES string of the molecule is CN1CCc2cc3c(c(O)c2C1)COO3. The summed E-state index contributed by atoms with van der Waals surface area (Å²) in [6, 6.07) is 1.99. The van der Waals surface area contributed by atoms with Crippen molar-refractivity contribution in [1.29, 1.82) is 0 Å². The van der Waals surface area contributed by atoms with E-state index in [2.05, 4.69) is 11.9 Å². The van der Waals surface area contributed by atoms with Crippen molar-refractivity contribution in [1.82, 2.24) is 4.90 Å². The van der Waals surface area contributed by atoms with Crippen LogP contribution < -0.4 is 4.89 Å². The van der Waals surface area contributed by atoms with E-state index >= 15 is 0 Å². The van der Waals surface area contributed by atoms with Gasteiger partial charge in [0.25, 0.3) is 0 Å². The second-order valence-corrected chi connectivity index (χ2v) is 4.17. The Morgan fingerprint density at radius 1 is 1.40 bits per heavy atom. The maximum atomic E-state index is 10.1. The molecule has 1 aromatic carbocycles. The van der Waals surface area contributed by atoms with Gasteiger partial charge in [-0.05, 0) is 25.1 Å². The highest BCUT2D eigenvalue weighted by molar-refractivity contribution is 5.54. The van der Waals surface area contributed by atoms with Crippen LogP contribution in [0.2, 0.25) is 0 Å². The van der Waals surface area contributed by atoms with Crippen LogP contribution in [0.3, 0.4) is 0 Å².